The number of anilines is 1. The van der Waals surface area contributed by atoms with Crippen molar-refractivity contribution in [3.05, 3.63) is 24.3 Å². The highest BCUT2D eigenvalue weighted by Gasteiger charge is 2.05. The highest BCUT2D eigenvalue weighted by atomic mass is 16.1. The van der Waals surface area contributed by atoms with Crippen LogP contribution in [0.1, 0.15) is 13.3 Å². The van der Waals surface area contributed by atoms with Crippen LogP contribution in [0.2, 0.25) is 0 Å². The second-order valence-corrected chi connectivity index (χ2v) is 3.75. The first-order valence-electron chi connectivity index (χ1n) is 5.75. The molecule has 90 valence electrons. The van der Waals surface area contributed by atoms with Gasteiger partial charge in [0.25, 0.3) is 0 Å². The van der Waals surface area contributed by atoms with E-state index < -0.39 is 0 Å². The van der Waals surface area contributed by atoms with Crippen molar-refractivity contribution >= 4 is 22.9 Å². The molecule has 5 heteroatoms. The van der Waals surface area contributed by atoms with Crippen molar-refractivity contribution in [2.45, 2.75) is 13.3 Å². The molecule has 17 heavy (non-hydrogen) atoms. The Balaban J connectivity index is 1.96. The molecule has 1 heterocycles. The summed E-state index contributed by atoms with van der Waals surface area (Å²) in [5, 5.41) is 5.84. The van der Waals surface area contributed by atoms with Gasteiger partial charge in [-0.1, -0.05) is 19.1 Å². The minimum Gasteiger partial charge on any atom is -0.324 e. The summed E-state index contributed by atoms with van der Waals surface area (Å²) < 4.78 is 0. The van der Waals surface area contributed by atoms with E-state index in [0.29, 0.717) is 18.9 Å². The Morgan fingerprint density at radius 1 is 1.41 bits per heavy atom. The van der Waals surface area contributed by atoms with Crippen molar-refractivity contribution in [3.63, 3.8) is 0 Å². The molecule has 0 aliphatic heterocycles. The number of imidazole rings is 1. The highest BCUT2D eigenvalue weighted by Crippen LogP contribution is 2.13. The van der Waals surface area contributed by atoms with Gasteiger partial charge in [-0.05, 0) is 18.7 Å². The number of amides is 1. The molecule has 0 bridgehead atoms. The van der Waals surface area contributed by atoms with Gasteiger partial charge < -0.3 is 10.3 Å². The van der Waals surface area contributed by atoms with Crippen LogP contribution >= 0.6 is 0 Å². The van der Waals surface area contributed by atoms with E-state index in [9.17, 15) is 4.79 Å². The fraction of sp³-hybridized carbons (Fsp3) is 0.333. The molecule has 0 saturated carbocycles. The van der Waals surface area contributed by atoms with Gasteiger partial charge in [-0.15, -0.1) is 0 Å². The molecule has 0 saturated heterocycles. The van der Waals surface area contributed by atoms with E-state index in [-0.39, 0.29) is 5.91 Å². The van der Waals surface area contributed by atoms with E-state index in [0.717, 1.165) is 17.6 Å². The molecule has 0 aliphatic rings. The summed E-state index contributed by atoms with van der Waals surface area (Å²) in [5.74, 6) is 0.470. The number of H-pyrrole nitrogens is 1. The number of para-hydroxylation sites is 2. The van der Waals surface area contributed by atoms with Crippen LogP contribution in [0.3, 0.4) is 0 Å². The van der Waals surface area contributed by atoms with Gasteiger partial charge in [0.15, 0.2) is 0 Å². The smallest absolute Gasteiger partial charge is 0.227 e. The number of hydrogen-bond donors (Lipinski definition) is 3. The van der Waals surface area contributed by atoms with Crippen molar-refractivity contribution in [3.8, 4) is 0 Å². The zero-order chi connectivity index (χ0) is 12.1. The summed E-state index contributed by atoms with van der Waals surface area (Å²) in [7, 11) is 0. The second-order valence-electron chi connectivity index (χ2n) is 3.75. The first-order chi connectivity index (χ1) is 8.29. The molecule has 0 radical (unpaired) electrons. The van der Waals surface area contributed by atoms with Gasteiger partial charge in [-0.25, -0.2) is 4.98 Å². The van der Waals surface area contributed by atoms with E-state index in [1.807, 2.05) is 31.2 Å². The van der Waals surface area contributed by atoms with Crippen LogP contribution in [0.5, 0.6) is 0 Å². The summed E-state index contributed by atoms with van der Waals surface area (Å²) >= 11 is 0. The lowest BCUT2D eigenvalue weighted by atomic mass is 10.3. The number of hydrogen-bond acceptors (Lipinski definition) is 3. The van der Waals surface area contributed by atoms with E-state index in [4.69, 9.17) is 0 Å². The van der Waals surface area contributed by atoms with Crippen LogP contribution in [0.25, 0.3) is 11.0 Å². The van der Waals surface area contributed by atoms with Crippen LogP contribution in [0.15, 0.2) is 24.3 Å². The Morgan fingerprint density at radius 3 is 3.00 bits per heavy atom. The number of nitrogens with one attached hydrogen (secondary N) is 3. The summed E-state index contributed by atoms with van der Waals surface area (Å²) in [6, 6.07) is 7.67. The van der Waals surface area contributed by atoms with E-state index in [2.05, 4.69) is 20.6 Å². The third kappa shape index (κ3) is 3.04. The average molecular weight is 232 g/mol. The monoisotopic (exact) mass is 232 g/mol. The molecule has 0 atom stereocenters. The third-order valence-corrected chi connectivity index (χ3v) is 2.43. The second kappa shape index (κ2) is 5.45. The molecule has 3 N–H and O–H groups in total. The van der Waals surface area contributed by atoms with E-state index in [1.54, 1.807) is 0 Å². The Morgan fingerprint density at radius 2 is 2.24 bits per heavy atom. The molecule has 0 spiro atoms. The van der Waals surface area contributed by atoms with Gasteiger partial charge in [0, 0.05) is 13.0 Å². The van der Waals surface area contributed by atoms with Gasteiger partial charge >= 0.3 is 0 Å². The molecule has 2 aromatic rings. The Bertz CT molecular complexity index is 473. The normalized spacial score (nSPS) is 10.6. The van der Waals surface area contributed by atoms with Crippen molar-refractivity contribution < 1.29 is 4.79 Å². The van der Waals surface area contributed by atoms with Gasteiger partial charge in [0.2, 0.25) is 11.9 Å². The summed E-state index contributed by atoms with van der Waals surface area (Å²) in [5.41, 5.74) is 1.78. The maximum Gasteiger partial charge on any atom is 0.227 e. The summed E-state index contributed by atoms with van der Waals surface area (Å²) in [6.45, 7) is 3.57. The predicted octanol–water partition coefficient (Wildman–Crippen LogP) is 1.50. The topological polar surface area (TPSA) is 69.8 Å². The minimum atomic E-state index is -0.0370. The molecule has 5 nitrogen and oxygen atoms in total. The molecule has 0 fully saturated rings. The van der Waals surface area contributed by atoms with Gasteiger partial charge in [-0.3, -0.25) is 10.1 Å². The van der Waals surface area contributed by atoms with Crippen LogP contribution in [0, 0.1) is 0 Å². The number of benzene rings is 1. The Hall–Kier alpha value is -1.88. The fourth-order valence-electron chi connectivity index (χ4n) is 1.59. The molecule has 0 unspecified atom stereocenters. The number of rotatable bonds is 5. The Kier molecular flexibility index (Phi) is 3.72. The van der Waals surface area contributed by atoms with E-state index >= 15 is 0 Å². The lowest BCUT2D eigenvalue weighted by molar-refractivity contribution is -0.116. The lowest BCUT2D eigenvalue weighted by Gasteiger charge is -2.01. The molecular formula is C12H16N4O. The largest absolute Gasteiger partial charge is 0.324 e. The number of nitrogens with zero attached hydrogens (tertiary/aromatic N) is 1. The highest BCUT2D eigenvalue weighted by molar-refractivity contribution is 5.91. The summed E-state index contributed by atoms with van der Waals surface area (Å²) in [4.78, 5) is 18.9. The number of aromatic nitrogens is 2. The number of aromatic amines is 1. The van der Waals surface area contributed by atoms with Crippen LogP contribution < -0.4 is 10.6 Å². The number of carbonyl (C=O) groups excluding carboxylic acids is 1. The zero-order valence-electron chi connectivity index (χ0n) is 9.79. The minimum absolute atomic E-state index is 0.0370. The number of fused-ring (bicyclic) bond motifs is 1. The molecule has 1 amide bonds. The first-order valence-corrected chi connectivity index (χ1v) is 5.75. The molecule has 0 aliphatic carbocycles. The molecular weight excluding hydrogens is 216 g/mol. The van der Waals surface area contributed by atoms with Gasteiger partial charge in [0.05, 0.1) is 11.0 Å². The standard InChI is InChI=1S/C12H16N4O/c1-2-13-8-7-11(17)16-12-14-9-5-3-4-6-10(9)15-12/h3-6,13H,2,7-8H2,1H3,(H2,14,15,16,17). The quantitative estimate of drug-likeness (QED) is 0.684. The Labute approximate surface area is 99.6 Å². The SMILES string of the molecule is CCNCCC(=O)Nc1nc2ccccc2[nH]1. The maximum absolute atomic E-state index is 11.6. The van der Waals surface area contributed by atoms with Crippen molar-refractivity contribution in [1.29, 1.82) is 0 Å². The van der Waals surface area contributed by atoms with Crippen molar-refractivity contribution in [1.82, 2.24) is 15.3 Å². The summed E-state index contributed by atoms with van der Waals surface area (Å²) in [6.07, 6.45) is 0.449. The van der Waals surface area contributed by atoms with Gasteiger partial charge in [-0.2, -0.15) is 0 Å². The molecule has 2 rings (SSSR count). The fourth-order valence-corrected chi connectivity index (χ4v) is 1.59. The maximum atomic E-state index is 11.6. The molecule has 1 aromatic carbocycles. The van der Waals surface area contributed by atoms with Crippen molar-refractivity contribution in [2.75, 3.05) is 18.4 Å². The average Bonchev–Trinajstić information content (AvgIpc) is 2.71. The van der Waals surface area contributed by atoms with Crippen LogP contribution in [-0.4, -0.2) is 29.0 Å². The lowest BCUT2D eigenvalue weighted by Crippen LogP contribution is -2.21. The van der Waals surface area contributed by atoms with Crippen LogP contribution in [0.4, 0.5) is 5.95 Å². The third-order valence-electron chi connectivity index (χ3n) is 2.43. The number of carbonyl (C=O) groups is 1. The predicted molar refractivity (Wildman–Crippen MR) is 67.9 cm³/mol. The van der Waals surface area contributed by atoms with Crippen molar-refractivity contribution in [2.24, 2.45) is 0 Å². The zero-order valence-corrected chi connectivity index (χ0v) is 9.79. The van der Waals surface area contributed by atoms with Crippen LogP contribution in [-0.2, 0) is 4.79 Å². The first kappa shape index (κ1) is 11.6. The van der Waals surface area contributed by atoms with E-state index in [1.165, 1.54) is 0 Å². The van der Waals surface area contributed by atoms with Gasteiger partial charge in [0.1, 0.15) is 0 Å². The molecule has 1 aromatic heterocycles.